The Morgan fingerprint density at radius 3 is 2.26 bits per heavy atom. The Morgan fingerprint density at radius 1 is 0.963 bits per heavy atom. The van der Waals surface area contributed by atoms with Crippen LogP contribution in [0.4, 0.5) is 9.18 Å². The molecule has 1 saturated heterocycles. The molecule has 3 N–H and O–H groups in total. The number of benzene rings is 2. The molecule has 1 heterocycles. The van der Waals surface area contributed by atoms with Crippen LogP contribution in [-0.2, 0) is 0 Å². The number of nitrogens with one attached hydrogen (secondary N) is 2. The van der Waals surface area contributed by atoms with Crippen molar-refractivity contribution in [3.05, 3.63) is 71.5 Å². The Kier molecular flexibility index (Phi) is 6.79. The zero-order valence-corrected chi connectivity index (χ0v) is 15.3. The van der Waals surface area contributed by atoms with Crippen LogP contribution in [0.25, 0.3) is 0 Å². The first-order valence-corrected chi connectivity index (χ1v) is 9.37. The molecule has 5 nitrogen and oxygen atoms in total. The molecular formula is C21H26FN3O2. The quantitative estimate of drug-likeness (QED) is 0.701. The summed E-state index contributed by atoms with van der Waals surface area (Å²) in [5, 5.41) is 15.7. The van der Waals surface area contributed by atoms with Crippen molar-refractivity contribution in [3.63, 3.8) is 0 Å². The molecule has 0 bridgehead atoms. The molecular weight excluding hydrogens is 345 g/mol. The predicted molar refractivity (Wildman–Crippen MR) is 103 cm³/mol. The summed E-state index contributed by atoms with van der Waals surface area (Å²) >= 11 is 0. The van der Waals surface area contributed by atoms with Gasteiger partial charge in [0.05, 0.1) is 12.1 Å². The smallest absolute Gasteiger partial charge is 0.314 e. The number of carbonyl (C=O) groups excluding carboxylic acids is 1. The van der Waals surface area contributed by atoms with E-state index in [1.165, 1.54) is 42.7 Å². The fourth-order valence-corrected chi connectivity index (χ4v) is 3.43. The topological polar surface area (TPSA) is 64.6 Å². The van der Waals surface area contributed by atoms with Gasteiger partial charge in [0, 0.05) is 13.1 Å². The largest absolute Gasteiger partial charge is 0.387 e. The lowest BCUT2D eigenvalue weighted by molar-refractivity contribution is 0.172. The Morgan fingerprint density at radius 2 is 1.59 bits per heavy atom. The summed E-state index contributed by atoms with van der Waals surface area (Å²) in [6.07, 6.45) is 1.48. The Balaban J connectivity index is 1.51. The Hall–Kier alpha value is -2.44. The first-order chi connectivity index (χ1) is 13.1. The van der Waals surface area contributed by atoms with Gasteiger partial charge < -0.3 is 15.7 Å². The summed E-state index contributed by atoms with van der Waals surface area (Å²) in [6.45, 7) is 2.64. The zero-order chi connectivity index (χ0) is 19.1. The number of hydrogen-bond donors (Lipinski definition) is 3. The number of aliphatic hydroxyl groups is 1. The second-order valence-corrected chi connectivity index (χ2v) is 6.83. The number of amides is 2. The second-order valence-electron chi connectivity index (χ2n) is 6.83. The van der Waals surface area contributed by atoms with E-state index < -0.39 is 6.10 Å². The number of halogens is 1. The number of hydrogen-bond acceptors (Lipinski definition) is 3. The fourth-order valence-electron chi connectivity index (χ4n) is 3.43. The van der Waals surface area contributed by atoms with E-state index in [0.29, 0.717) is 12.1 Å². The maximum atomic E-state index is 12.9. The molecule has 1 fully saturated rings. The van der Waals surface area contributed by atoms with Gasteiger partial charge in [-0.05, 0) is 49.2 Å². The number of likely N-dealkylation sites (tertiary alicyclic amines) is 1. The van der Waals surface area contributed by atoms with E-state index in [2.05, 4.69) is 27.7 Å². The van der Waals surface area contributed by atoms with Gasteiger partial charge in [0.2, 0.25) is 0 Å². The minimum absolute atomic E-state index is 0.0667. The highest BCUT2D eigenvalue weighted by Crippen LogP contribution is 2.24. The second kappa shape index (κ2) is 9.48. The van der Waals surface area contributed by atoms with Crippen molar-refractivity contribution in [1.82, 2.24) is 15.5 Å². The highest BCUT2D eigenvalue weighted by Gasteiger charge is 2.23. The third-order valence-corrected chi connectivity index (χ3v) is 4.93. The maximum absolute atomic E-state index is 12.9. The number of carbonyl (C=O) groups is 1. The number of aliphatic hydroxyl groups excluding tert-OH is 1. The maximum Gasteiger partial charge on any atom is 0.314 e. The molecule has 2 aromatic carbocycles. The summed E-state index contributed by atoms with van der Waals surface area (Å²) in [5.74, 6) is -0.356. The molecule has 1 aliphatic heterocycles. The van der Waals surface area contributed by atoms with Crippen molar-refractivity contribution in [2.24, 2.45) is 0 Å². The molecule has 1 aliphatic rings. The summed E-state index contributed by atoms with van der Waals surface area (Å²) in [4.78, 5) is 14.6. The van der Waals surface area contributed by atoms with Gasteiger partial charge in [0.25, 0.3) is 0 Å². The van der Waals surface area contributed by atoms with Crippen LogP contribution in [0.5, 0.6) is 0 Å². The first kappa shape index (κ1) is 19.3. The normalized spacial score (nSPS) is 16.7. The van der Waals surface area contributed by atoms with Crippen LogP contribution in [0.2, 0.25) is 0 Å². The summed E-state index contributed by atoms with van der Waals surface area (Å²) in [5.41, 5.74) is 1.75. The van der Waals surface area contributed by atoms with Crippen molar-refractivity contribution in [2.75, 3.05) is 26.2 Å². The molecule has 2 aromatic rings. The Bertz CT molecular complexity index is 718. The molecule has 2 atom stereocenters. The molecule has 0 spiro atoms. The molecule has 2 amide bonds. The minimum atomic E-state index is -0.875. The summed E-state index contributed by atoms with van der Waals surface area (Å²) in [6, 6.07) is 15.6. The lowest BCUT2D eigenvalue weighted by Gasteiger charge is -2.28. The standard InChI is InChI=1S/C21H26FN3O2/c22-18-10-8-17(9-11-18)20(26)15-24-21(27)23-14-19(25-12-4-5-13-25)16-6-2-1-3-7-16/h1-3,6-11,19-20,26H,4-5,12-15H2,(H2,23,24,27). The van der Waals surface area contributed by atoms with Crippen molar-refractivity contribution < 1.29 is 14.3 Å². The van der Waals surface area contributed by atoms with Crippen LogP contribution in [0.3, 0.4) is 0 Å². The van der Waals surface area contributed by atoms with Gasteiger partial charge in [0.15, 0.2) is 0 Å². The lowest BCUT2D eigenvalue weighted by Crippen LogP contribution is -2.42. The molecule has 0 aromatic heterocycles. The molecule has 27 heavy (non-hydrogen) atoms. The molecule has 0 radical (unpaired) electrons. The van der Waals surface area contributed by atoms with Crippen molar-refractivity contribution in [3.8, 4) is 0 Å². The van der Waals surface area contributed by atoms with Crippen molar-refractivity contribution in [2.45, 2.75) is 25.0 Å². The van der Waals surface area contributed by atoms with E-state index in [9.17, 15) is 14.3 Å². The highest BCUT2D eigenvalue weighted by atomic mass is 19.1. The molecule has 0 aliphatic carbocycles. The van der Waals surface area contributed by atoms with Gasteiger partial charge in [-0.1, -0.05) is 42.5 Å². The van der Waals surface area contributed by atoms with Gasteiger partial charge in [-0.25, -0.2) is 9.18 Å². The first-order valence-electron chi connectivity index (χ1n) is 9.37. The van der Waals surface area contributed by atoms with E-state index in [1.54, 1.807) is 0 Å². The number of urea groups is 1. The minimum Gasteiger partial charge on any atom is -0.387 e. The third kappa shape index (κ3) is 5.52. The van der Waals surface area contributed by atoms with Gasteiger partial charge >= 0.3 is 6.03 Å². The van der Waals surface area contributed by atoms with E-state index in [0.717, 1.165) is 13.1 Å². The van der Waals surface area contributed by atoms with Gasteiger partial charge in [-0.2, -0.15) is 0 Å². The highest BCUT2D eigenvalue weighted by molar-refractivity contribution is 5.73. The van der Waals surface area contributed by atoms with Crippen molar-refractivity contribution >= 4 is 6.03 Å². The van der Waals surface area contributed by atoms with Crippen LogP contribution in [-0.4, -0.2) is 42.2 Å². The predicted octanol–water partition coefficient (Wildman–Crippen LogP) is 3.00. The fraction of sp³-hybridized carbons (Fsp3) is 0.381. The van der Waals surface area contributed by atoms with Crippen LogP contribution < -0.4 is 10.6 Å². The van der Waals surface area contributed by atoms with Crippen LogP contribution in [0, 0.1) is 5.82 Å². The Labute approximate surface area is 159 Å². The van der Waals surface area contributed by atoms with Gasteiger partial charge in [0.1, 0.15) is 5.82 Å². The van der Waals surface area contributed by atoms with Crippen LogP contribution in [0.15, 0.2) is 54.6 Å². The lowest BCUT2D eigenvalue weighted by atomic mass is 10.1. The van der Waals surface area contributed by atoms with Gasteiger partial charge in [-0.15, -0.1) is 0 Å². The molecule has 144 valence electrons. The SMILES string of the molecule is O=C(NCC(O)c1ccc(F)cc1)NCC(c1ccccc1)N1CCCC1. The van der Waals surface area contributed by atoms with E-state index in [4.69, 9.17) is 0 Å². The molecule has 0 saturated carbocycles. The summed E-state index contributed by atoms with van der Waals surface area (Å²) < 4.78 is 12.9. The van der Waals surface area contributed by atoms with E-state index in [-0.39, 0.29) is 24.4 Å². The van der Waals surface area contributed by atoms with Crippen LogP contribution >= 0.6 is 0 Å². The van der Waals surface area contributed by atoms with E-state index in [1.807, 2.05) is 18.2 Å². The van der Waals surface area contributed by atoms with Gasteiger partial charge in [-0.3, -0.25) is 4.90 Å². The van der Waals surface area contributed by atoms with E-state index >= 15 is 0 Å². The summed E-state index contributed by atoms with van der Waals surface area (Å²) in [7, 11) is 0. The number of rotatable bonds is 7. The average Bonchev–Trinajstić information content (AvgIpc) is 3.22. The monoisotopic (exact) mass is 371 g/mol. The average molecular weight is 371 g/mol. The molecule has 2 unspecified atom stereocenters. The van der Waals surface area contributed by atoms with Crippen molar-refractivity contribution in [1.29, 1.82) is 0 Å². The number of nitrogens with zero attached hydrogens (tertiary/aromatic N) is 1. The third-order valence-electron chi connectivity index (χ3n) is 4.93. The zero-order valence-electron chi connectivity index (χ0n) is 15.3. The van der Waals surface area contributed by atoms with Crippen LogP contribution in [0.1, 0.15) is 36.1 Å². The molecule has 6 heteroatoms. The molecule has 3 rings (SSSR count).